The van der Waals surface area contributed by atoms with Crippen LogP contribution < -0.4 is 9.57 Å². The number of benzene rings is 2. The quantitative estimate of drug-likeness (QED) is 0.389. The van der Waals surface area contributed by atoms with E-state index in [4.69, 9.17) is 9.57 Å². The molecule has 0 saturated heterocycles. The maximum Gasteiger partial charge on any atom is 0.335 e. The van der Waals surface area contributed by atoms with E-state index in [0.717, 1.165) is 15.7 Å². The smallest absolute Gasteiger partial charge is 0.335 e. The second-order valence-corrected chi connectivity index (χ2v) is 5.56. The molecular formula is C18H15N5O3. The molecule has 0 fully saturated rings. The SMILES string of the molecule is O=C(CCCOc1ncnc2ccccc12)On1nnc2ccccc21. The van der Waals surface area contributed by atoms with Crippen LogP contribution in [0, 0.1) is 0 Å². The first-order valence-electron chi connectivity index (χ1n) is 8.15. The molecule has 8 nitrogen and oxygen atoms in total. The number of hydrogen-bond acceptors (Lipinski definition) is 7. The predicted molar refractivity (Wildman–Crippen MR) is 93.4 cm³/mol. The van der Waals surface area contributed by atoms with Crippen LogP contribution in [0.1, 0.15) is 12.8 Å². The molecule has 4 rings (SSSR count). The zero-order valence-corrected chi connectivity index (χ0v) is 13.8. The fraction of sp³-hybridized carbons (Fsp3) is 0.167. The largest absolute Gasteiger partial charge is 0.477 e. The van der Waals surface area contributed by atoms with Gasteiger partial charge in [-0.2, -0.15) is 0 Å². The lowest BCUT2D eigenvalue weighted by atomic mass is 10.2. The summed E-state index contributed by atoms with van der Waals surface area (Å²) >= 11 is 0. The van der Waals surface area contributed by atoms with Crippen molar-refractivity contribution in [2.75, 3.05) is 6.61 Å². The number of ether oxygens (including phenoxy) is 1. The van der Waals surface area contributed by atoms with Gasteiger partial charge < -0.3 is 9.57 Å². The number of fused-ring (bicyclic) bond motifs is 2. The summed E-state index contributed by atoms with van der Waals surface area (Å²) in [6.45, 7) is 0.341. The molecule has 0 aliphatic rings. The van der Waals surface area contributed by atoms with Crippen molar-refractivity contribution in [2.45, 2.75) is 12.8 Å². The first-order valence-corrected chi connectivity index (χ1v) is 8.15. The standard InChI is InChI=1S/C18H15N5O3/c24-17(26-23-16-9-4-3-8-15(16)21-22-23)10-5-11-25-18-13-6-1-2-7-14(13)19-12-20-18/h1-4,6-9,12H,5,10-11H2. The zero-order chi connectivity index (χ0) is 17.8. The second-order valence-electron chi connectivity index (χ2n) is 5.56. The molecule has 0 bridgehead atoms. The van der Waals surface area contributed by atoms with Crippen LogP contribution in [0.4, 0.5) is 0 Å². The molecule has 2 aromatic heterocycles. The molecule has 26 heavy (non-hydrogen) atoms. The topological polar surface area (TPSA) is 92.0 Å². The van der Waals surface area contributed by atoms with E-state index in [1.54, 1.807) is 12.1 Å². The van der Waals surface area contributed by atoms with Crippen molar-refractivity contribution in [2.24, 2.45) is 0 Å². The van der Waals surface area contributed by atoms with Crippen LogP contribution in [-0.2, 0) is 4.79 Å². The minimum absolute atomic E-state index is 0.192. The van der Waals surface area contributed by atoms with Gasteiger partial charge in [0.05, 0.1) is 23.9 Å². The van der Waals surface area contributed by atoms with Gasteiger partial charge in [-0.1, -0.05) is 29.1 Å². The van der Waals surface area contributed by atoms with E-state index in [0.29, 0.717) is 29.9 Å². The van der Waals surface area contributed by atoms with Crippen LogP contribution in [0.5, 0.6) is 5.88 Å². The van der Waals surface area contributed by atoms with E-state index < -0.39 is 5.97 Å². The molecule has 0 aliphatic carbocycles. The highest BCUT2D eigenvalue weighted by atomic mass is 16.7. The summed E-state index contributed by atoms with van der Waals surface area (Å²) in [5.41, 5.74) is 2.12. The van der Waals surface area contributed by atoms with Crippen molar-refractivity contribution in [1.82, 2.24) is 25.1 Å². The van der Waals surface area contributed by atoms with Gasteiger partial charge in [-0.15, -0.1) is 5.10 Å². The Bertz CT molecular complexity index is 1060. The van der Waals surface area contributed by atoms with Crippen LogP contribution >= 0.6 is 0 Å². The molecule has 130 valence electrons. The number of hydrogen-bond donors (Lipinski definition) is 0. The Morgan fingerprint density at radius 3 is 2.73 bits per heavy atom. The molecule has 8 heteroatoms. The summed E-state index contributed by atoms with van der Waals surface area (Å²) in [6, 6.07) is 14.9. The average molecular weight is 349 g/mol. The number of rotatable bonds is 6. The highest BCUT2D eigenvalue weighted by Gasteiger charge is 2.10. The predicted octanol–water partition coefficient (Wildman–Crippen LogP) is 2.19. The third-order valence-corrected chi connectivity index (χ3v) is 3.78. The van der Waals surface area contributed by atoms with E-state index in [2.05, 4.69) is 20.3 Å². The van der Waals surface area contributed by atoms with Crippen molar-refractivity contribution in [1.29, 1.82) is 0 Å². The van der Waals surface area contributed by atoms with E-state index in [-0.39, 0.29) is 6.42 Å². The first-order chi connectivity index (χ1) is 12.8. The summed E-state index contributed by atoms with van der Waals surface area (Å²) in [5.74, 6) is 0.100. The Labute approximate surface area is 148 Å². The summed E-state index contributed by atoms with van der Waals surface area (Å²) in [7, 11) is 0. The number of aromatic nitrogens is 5. The van der Waals surface area contributed by atoms with E-state index in [9.17, 15) is 4.79 Å². The van der Waals surface area contributed by atoms with Gasteiger partial charge in [0.2, 0.25) is 5.88 Å². The van der Waals surface area contributed by atoms with E-state index in [1.807, 2.05) is 36.4 Å². The molecule has 0 aliphatic heterocycles. The van der Waals surface area contributed by atoms with Crippen molar-refractivity contribution in [3.05, 3.63) is 54.9 Å². The van der Waals surface area contributed by atoms with Gasteiger partial charge in [-0.05, 0) is 35.9 Å². The molecular weight excluding hydrogens is 334 g/mol. The monoisotopic (exact) mass is 349 g/mol. The number of para-hydroxylation sites is 2. The molecule has 4 aromatic rings. The maximum absolute atomic E-state index is 12.0. The lowest BCUT2D eigenvalue weighted by molar-refractivity contribution is -0.145. The van der Waals surface area contributed by atoms with Crippen molar-refractivity contribution in [3.63, 3.8) is 0 Å². The zero-order valence-electron chi connectivity index (χ0n) is 13.8. The second kappa shape index (κ2) is 7.14. The van der Waals surface area contributed by atoms with E-state index in [1.165, 1.54) is 6.33 Å². The number of carbonyl (C=O) groups is 1. The van der Waals surface area contributed by atoms with Gasteiger partial charge in [0.1, 0.15) is 17.4 Å². The summed E-state index contributed by atoms with van der Waals surface area (Å²) in [4.78, 5) is 26.7. The third-order valence-electron chi connectivity index (χ3n) is 3.78. The highest BCUT2D eigenvalue weighted by Crippen LogP contribution is 2.20. The Balaban J connectivity index is 1.31. The normalized spacial score (nSPS) is 10.9. The molecule has 0 atom stereocenters. The van der Waals surface area contributed by atoms with Gasteiger partial charge in [0.15, 0.2) is 0 Å². The number of carbonyl (C=O) groups excluding carboxylic acids is 1. The van der Waals surface area contributed by atoms with Crippen LogP contribution in [0.25, 0.3) is 21.9 Å². The molecule has 2 aromatic carbocycles. The van der Waals surface area contributed by atoms with Gasteiger partial charge in [0.25, 0.3) is 0 Å². The minimum atomic E-state index is -0.406. The van der Waals surface area contributed by atoms with Crippen molar-refractivity contribution >= 4 is 27.9 Å². The molecule has 0 radical (unpaired) electrons. The first kappa shape index (κ1) is 15.9. The fourth-order valence-electron chi connectivity index (χ4n) is 2.54. The summed E-state index contributed by atoms with van der Waals surface area (Å²) < 4.78 is 5.68. The maximum atomic E-state index is 12.0. The molecule has 2 heterocycles. The van der Waals surface area contributed by atoms with Gasteiger partial charge >= 0.3 is 5.97 Å². The Kier molecular flexibility index (Phi) is 4.38. The van der Waals surface area contributed by atoms with Gasteiger partial charge in [-0.25, -0.2) is 14.8 Å². The van der Waals surface area contributed by atoms with E-state index >= 15 is 0 Å². The summed E-state index contributed by atoms with van der Waals surface area (Å²) in [6.07, 6.45) is 2.14. The molecule has 0 spiro atoms. The van der Waals surface area contributed by atoms with Crippen LogP contribution in [0.15, 0.2) is 54.9 Å². The molecule has 0 unspecified atom stereocenters. The Morgan fingerprint density at radius 1 is 1.00 bits per heavy atom. The minimum Gasteiger partial charge on any atom is -0.477 e. The van der Waals surface area contributed by atoms with Gasteiger partial charge in [-0.3, -0.25) is 0 Å². The van der Waals surface area contributed by atoms with Gasteiger partial charge in [0, 0.05) is 0 Å². The lowest BCUT2D eigenvalue weighted by Gasteiger charge is -2.07. The van der Waals surface area contributed by atoms with Crippen LogP contribution in [0.2, 0.25) is 0 Å². The Hall–Kier alpha value is -3.55. The molecule has 0 amide bonds. The summed E-state index contributed by atoms with van der Waals surface area (Å²) in [5, 5.41) is 8.59. The number of nitrogens with zero attached hydrogens (tertiary/aromatic N) is 5. The van der Waals surface area contributed by atoms with Crippen molar-refractivity contribution in [3.8, 4) is 5.88 Å². The fourth-order valence-corrected chi connectivity index (χ4v) is 2.54. The average Bonchev–Trinajstić information content (AvgIpc) is 3.08. The molecule has 0 saturated carbocycles. The van der Waals surface area contributed by atoms with Crippen LogP contribution in [-0.4, -0.2) is 37.7 Å². The Morgan fingerprint density at radius 2 is 1.81 bits per heavy atom. The third kappa shape index (κ3) is 3.30. The lowest BCUT2D eigenvalue weighted by Crippen LogP contribution is -2.21. The molecule has 0 N–H and O–H groups in total. The highest BCUT2D eigenvalue weighted by molar-refractivity contribution is 5.82. The van der Waals surface area contributed by atoms with Crippen molar-refractivity contribution < 1.29 is 14.4 Å². The van der Waals surface area contributed by atoms with Crippen LogP contribution in [0.3, 0.4) is 0 Å².